The van der Waals surface area contributed by atoms with Crippen molar-refractivity contribution in [3.63, 3.8) is 0 Å². The molecule has 3 rings (SSSR count). The number of aryl methyl sites for hydroxylation is 1. The summed E-state index contributed by atoms with van der Waals surface area (Å²) in [6, 6.07) is 13.1. The van der Waals surface area contributed by atoms with Crippen molar-refractivity contribution < 1.29 is 19.1 Å². The van der Waals surface area contributed by atoms with Gasteiger partial charge in [0.15, 0.2) is 0 Å². The summed E-state index contributed by atoms with van der Waals surface area (Å²) in [6.45, 7) is 11.2. The van der Waals surface area contributed by atoms with Gasteiger partial charge in [-0.3, -0.25) is 14.5 Å². The summed E-state index contributed by atoms with van der Waals surface area (Å²) in [6.07, 6.45) is 0.697. The molecular formula is C26H32N2O4. The van der Waals surface area contributed by atoms with Crippen LogP contribution in [0.2, 0.25) is 0 Å². The predicted molar refractivity (Wildman–Crippen MR) is 126 cm³/mol. The summed E-state index contributed by atoms with van der Waals surface area (Å²) in [4.78, 5) is 28.0. The Morgan fingerprint density at radius 3 is 2.38 bits per heavy atom. The Balaban J connectivity index is 1.94. The van der Waals surface area contributed by atoms with E-state index >= 15 is 0 Å². The van der Waals surface area contributed by atoms with Gasteiger partial charge in [-0.2, -0.15) is 0 Å². The molecule has 1 aliphatic rings. The van der Waals surface area contributed by atoms with Crippen molar-refractivity contribution in [3.05, 3.63) is 64.9 Å². The fraction of sp³-hybridized carbons (Fsp3) is 0.385. The van der Waals surface area contributed by atoms with Crippen LogP contribution in [0.1, 0.15) is 43.9 Å². The second kappa shape index (κ2) is 10.5. The van der Waals surface area contributed by atoms with Crippen LogP contribution in [0.25, 0.3) is 5.57 Å². The molecule has 0 unspecified atom stereocenters. The lowest BCUT2D eigenvalue weighted by Crippen LogP contribution is -2.34. The molecule has 0 atom stereocenters. The number of amides is 2. The number of rotatable bonds is 10. The quantitative estimate of drug-likeness (QED) is 0.432. The van der Waals surface area contributed by atoms with E-state index in [1.807, 2.05) is 77.1 Å². The molecule has 0 fully saturated rings. The molecule has 2 aromatic rings. The lowest BCUT2D eigenvalue weighted by atomic mass is 10.0. The maximum absolute atomic E-state index is 13.3. The molecule has 0 spiro atoms. The van der Waals surface area contributed by atoms with Gasteiger partial charge in [-0.25, -0.2) is 0 Å². The first-order valence-electron chi connectivity index (χ1n) is 11.1. The van der Waals surface area contributed by atoms with Gasteiger partial charge in [0.2, 0.25) is 0 Å². The van der Waals surface area contributed by atoms with Gasteiger partial charge in [0.05, 0.1) is 18.3 Å². The lowest BCUT2D eigenvalue weighted by Gasteiger charge is -2.16. The van der Waals surface area contributed by atoms with Gasteiger partial charge in [-0.15, -0.1) is 0 Å². The van der Waals surface area contributed by atoms with E-state index in [4.69, 9.17) is 9.47 Å². The van der Waals surface area contributed by atoms with Crippen LogP contribution in [0, 0.1) is 13.8 Å². The Morgan fingerprint density at radius 1 is 1.00 bits per heavy atom. The normalized spacial score (nSPS) is 14.0. The van der Waals surface area contributed by atoms with Crippen LogP contribution in [0.3, 0.4) is 0 Å². The molecule has 1 N–H and O–H groups in total. The summed E-state index contributed by atoms with van der Waals surface area (Å²) >= 11 is 0. The maximum Gasteiger partial charge on any atom is 0.278 e. The monoisotopic (exact) mass is 436 g/mol. The molecule has 0 radical (unpaired) electrons. The third-order valence-electron chi connectivity index (χ3n) is 5.46. The molecule has 0 saturated carbocycles. The molecule has 0 saturated heterocycles. The van der Waals surface area contributed by atoms with Crippen LogP contribution in [0.4, 0.5) is 5.69 Å². The highest BCUT2D eigenvalue weighted by atomic mass is 16.5. The number of nitrogens with one attached hydrogen (secondary N) is 1. The van der Waals surface area contributed by atoms with E-state index in [1.54, 1.807) is 0 Å². The van der Waals surface area contributed by atoms with E-state index in [9.17, 15) is 9.59 Å². The highest BCUT2D eigenvalue weighted by Crippen LogP contribution is 2.32. The fourth-order valence-corrected chi connectivity index (χ4v) is 3.61. The summed E-state index contributed by atoms with van der Waals surface area (Å²) in [7, 11) is 0. The number of hydrogen-bond acceptors (Lipinski definition) is 5. The number of benzene rings is 2. The van der Waals surface area contributed by atoms with Crippen LogP contribution in [0.15, 0.2) is 48.2 Å². The highest BCUT2D eigenvalue weighted by molar-refractivity contribution is 6.36. The predicted octanol–water partition coefficient (Wildman–Crippen LogP) is 4.71. The Kier molecular flexibility index (Phi) is 7.70. The number of nitrogens with zero attached hydrogens (tertiary/aromatic N) is 1. The summed E-state index contributed by atoms with van der Waals surface area (Å²) in [5, 5.41) is 3.26. The second-order valence-corrected chi connectivity index (χ2v) is 8.11. The number of hydrogen-bond donors (Lipinski definition) is 1. The van der Waals surface area contributed by atoms with E-state index in [0.29, 0.717) is 43.0 Å². The van der Waals surface area contributed by atoms with Crippen LogP contribution >= 0.6 is 0 Å². The number of carbonyl (C=O) groups is 2. The molecule has 0 aromatic heterocycles. The number of anilines is 1. The van der Waals surface area contributed by atoms with Crippen LogP contribution in [-0.4, -0.2) is 42.6 Å². The highest BCUT2D eigenvalue weighted by Gasteiger charge is 2.39. The molecule has 0 bridgehead atoms. The van der Waals surface area contributed by atoms with Gasteiger partial charge in [-0.1, -0.05) is 24.3 Å². The minimum atomic E-state index is -0.315. The molecule has 0 aliphatic carbocycles. The van der Waals surface area contributed by atoms with Crippen molar-refractivity contribution in [3.8, 4) is 5.75 Å². The Bertz CT molecular complexity index is 1010. The molecular weight excluding hydrogens is 404 g/mol. The van der Waals surface area contributed by atoms with Crippen LogP contribution in [0.5, 0.6) is 5.75 Å². The van der Waals surface area contributed by atoms with Crippen molar-refractivity contribution in [2.75, 3.05) is 25.1 Å². The summed E-state index contributed by atoms with van der Waals surface area (Å²) < 4.78 is 11.1. The van der Waals surface area contributed by atoms with Gasteiger partial charge < -0.3 is 14.8 Å². The van der Waals surface area contributed by atoms with Crippen molar-refractivity contribution in [2.45, 2.75) is 47.1 Å². The molecule has 1 aliphatic heterocycles. The number of carbonyl (C=O) groups excluding carboxylic acids is 2. The summed E-state index contributed by atoms with van der Waals surface area (Å²) in [5.41, 5.74) is 4.32. The second-order valence-electron chi connectivity index (χ2n) is 8.11. The molecule has 6 nitrogen and oxygen atoms in total. The first kappa shape index (κ1) is 23.5. The first-order chi connectivity index (χ1) is 15.3. The standard InChI is InChI=1S/C26H32N2O4/c1-6-31-21-13-11-20(12-14-21)23-24(27-22-10-7-9-18(4)19(22)5)26(30)28(25(23)29)15-8-16-32-17(2)3/h7,9-14,17,27H,6,8,15-16H2,1-5H3. The van der Waals surface area contributed by atoms with Crippen LogP contribution in [-0.2, 0) is 14.3 Å². The third-order valence-corrected chi connectivity index (χ3v) is 5.46. The largest absolute Gasteiger partial charge is 0.494 e. The van der Waals surface area contributed by atoms with E-state index in [0.717, 1.165) is 22.6 Å². The molecule has 2 amide bonds. The van der Waals surface area contributed by atoms with Gasteiger partial charge in [0.25, 0.3) is 11.8 Å². The van der Waals surface area contributed by atoms with Crippen molar-refractivity contribution in [1.82, 2.24) is 4.90 Å². The van der Waals surface area contributed by atoms with E-state index in [-0.39, 0.29) is 17.9 Å². The Morgan fingerprint density at radius 2 is 1.72 bits per heavy atom. The zero-order valence-corrected chi connectivity index (χ0v) is 19.5. The average molecular weight is 437 g/mol. The van der Waals surface area contributed by atoms with E-state index in [1.165, 1.54) is 4.90 Å². The van der Waals surface area contributed by atoms with E-state index in [2.05, 4.69) is 5.32 Å². The smallest absolute Gasteiger partial charge is 0.278 e. The average Bonchev–Trinajstić information content (AvgIpc) is 2.99. The van der Waals surface area contributed by atoms with Gasteiger partial charge in [0.1, 0.15) is 11.4 Å². The maximum atomic E-state index is 13.3. The molecule has 2 aromatic carbocycles. The first-order valence-corrected chi connectivity index (χ1v) is 11.1. The van der Waals surface area contributed by atoms with Gasteiger partial charge in [0, 0.05) is 18.8 Å². The molecule has 1 heterocycles. The molecule has 170 valence electrons. The topological polar surface area (TPSA) is 67.9 Å². The zero-order chi connectivity index (χ0) is 23.3. The van der Waals surface area contributed by atoms with Crippen molar-refractivity contribution in [1.29, 1.82) is 0 Å². The van der Waals surface area contributed by atoms with Crippen molar-refractivity contribution in [2.24, 2.45) is 0 Å². The van der Waals surface area contributed by atoms with E-state index < -0.39 is 0 Å². The van der Waals surface area contributed by atoms with Gasteiger partial charge >= 0.3 is 0 Å². The Hall–Kier alpha value is -3.12. The minimum absolute atomic E-state index is 0.110. The molecule has 6 heteroatoms. The van der Waals surface area contributed by atoms with Gasteiger partial charge in [-0.05, 0) is 75.9 Å². The fourth-order valence-electron chi connectivity index (χ4n) is 3.61. The van der Waals surface area contributed by atoms with Crippen molar-refractivity contribution >= 4 is 23.1 Å². The van der Waals surface area contributed by atoms with Crippen LogP contribution < -0.4 is 10.1 Å². The lowest BCUT2D eigenvalue weighted by molar-refractivity contribution is -0.137. The molecule has 32 heavy (non-hydrogen) atoms. The minimum Gasteiger partial charge on any atom is -0.494 e. The number of ether oxygens (including phenoxy) is 2. The number of imide groups is 1. The zero-order valence-electron chi connectivity index (χ0n) is 19.5. The SMILES string of the molecule is CCOc1ccc(C2=C(Nc3cccc(C)c3C)C(=O)N(CCCOC(C)C)C2=O)cc1. The third kappa shape index (κ3) is 5.19. The Labute approximate surface area is 190 Å². The summed E-state index contributed by atoms with van der Waals surface area (Å²) in [5.74, 6) is 0.112.